The maximum Gasteiger partial charge on any atom is 0.408 e. The van der Waals surface area contributed by atoms with Gasteiger partial charge in [0.25, 0.3) is 0 Å². The zero-order valence-electron chi connectivity index (χ0n) is 29.1. The van der Waals surface area contributed by atoms with Crippen molar-refractivity contribution in [2.24, 2.45) is 11.7 Å². The zero-order valence-corrected chi connectivity index (χ0v) is 29.1. The minimum absolute atomic E-state index is 0.0664. The molecular formula is C36H48N6O8. The van der Waals surface area contributed by atoms with Crippen molar-refractivity contribution in [3.05, 3.63) is 71.9 Å². The second kappa shape index (κ2) is 17.8. The fraction of sp³-hybridized carbons (Fsp3) is 0.444. The Bertz CT molecular complexity index is 1650. The number of aromatic amines is 1. The van der Waals surface area contributed by atoms with Crippen molar-refractivity contribution in [2.45, 2.75) is 96.5 Å². The minimum atomic E-state index is -1.27. The molecule has 270 valence electrons. The van der Waals surface area contributed by atoms with Crippen LogP contribution in [0, 0.1) is 5.92 Å². The number of carbonyl (C=O) groups is 6. The van der Waals surface area contributed by atoms with Crippen LogP contribution in [0.5, 0.6) is 0 Å². The lowest BCUT2D eigenvalue weighted by molar-refractivity contribution is -0.138. The molecule has 3 rings (SSSR count). The first-order valence-corrected chi connectivity index (χ1v) is 16.5. The van der Waals surface area contributed by atoms with E-state index >= 15 is 0 Å². The number of alkyl carbamates (subject to hydrolysis) is 1. The lowest BCUT2D eigenvalue weighted by Gasteiger charge is -2.27. The number of ether oxygens (including phenoxy) is 1. The number of hydrogen-bond acceptors (Lipinski definition) is 7. The Hall–Kier alpha value is -5.40. The van der Waals surface area contributed by atoms with E-state index in [2.05, 4.69) is 26.3 Å². The van der Waals surface area contributed by atoms with Crippen molar-refractivity contribution in [3.8, 4) is 0 Å². The van der Waals surface area contributed by atoms with Crippen molar-refractivity contribution in [1.82, 2.24) is 26.3 Å². The third-order valence-corrected chi connectivity index (χ3v) is 7.61. The van der Waals surface area contributed by atoms with Crippen molar-refractivity contribution in [2.75, 3.05) is 0 Å². The fourth-order valence-corrected chi connectivity index (χ4v) is 5.39. The highest BCUT2D eigenvalue weighted by molar-refractivity contribution is 5.93. The van der Waals surface area contributed by atoms with E-state index in [9.17, 15) is 33.9 Å². The molecule has 8 N–H and O–H groups in total. The maximum atomic E-state index is 13.8. The van der Waals surface area contributed by atoms with E-state index in [-0.39, 0.29) is 25.2 Å². The number of carboxylic acids is 1. The quantitative estimate of drug-likeness (QED) is 0.111. The van der Waals surface area contributed by atoms with Crippen LogP contribution in [0.4, 0.5) is 4.79 Å². The molecule has 1 heterocycles. The number of aliphatic carboxylic acids is 1. The number of carbonyl (C=O) groups excluding carboxylic acids is 5. The standard InChI is InChI=1S/C36H48N6O8/c1-21(2)15-28(33(47)39-24(19-31(44)45)18-30(43)40-27(32(37)46)16-22-11-7-6-8-12-22)41-34(48)29(42-35(49)50-36(3,4)5)17-23-20-38-26-14-10-9-13-25(23)26/h6-14,20-21,24,27-29,38H,15-19H2,1-5H3,(H2,37,46)(H,39,47)(H,40,43)(H,41,48)(H,42,49)(H,44,45)/t24-,27?,28-,29+/m0/s1. The number of H-pyrrole nitrogens is 1. The van der Waals surface area contributed by atoms with Gasteiger partial charge in [-0.15, -0.1) is 0 Å². The van der Waals surface area contributed by atoms with Gasteiger partial charge in [0, 0.05) is 42.4 Å². The molecule has 0 saturated carbocycles. The molecule has 1 unspecified atom stereocenters. The SMILES string of the molecule is CC(C)C[C@H](NC(=O)[C@@H](Cc1c[nH]c2ccccc12)NC(=O)OC(C)(C)C)C(=O)N[C@H](CC(=O)O)CC(=O)NC(Cc1ccccc1)C(N)=O. The normalized spacial score (nSPS) is 13.8. The summed E-state index contributed by atoms with van der Waals surface area (Å²) in [5, 5.41) is 20.9. The summed E-state index contributed by atoms with van der Waals surface area (Å²) < 4.78 is 5.40. The molecule has 0 aliphatic heterocycles. The lowest BCUT2D eigenvalue weighted by Crippen LogP contribution is -2.56. The van der Waals surface area contributed by atoms with Crippen LogP contribution >= 0.6 is 0 Å². The Morgan fingerprint density at radius 1 is 0.800 bits per heavy atom. The summed E-state index contributed by atoms with van der Waals surface area (Å²) in [5.74, 6) is -4.22. The molecule has 50 heavy (non-hydrogen) atoms. The first kappa shape index (κ1) is 39.0. The predicted molar refractivity (Wildman–Crippen MR) is 187 cm³/mol. The van der Waals surface area contributed by atoms with E-state index in [4.69, 9.17) is 10.5 Å². The molecule has 14 nitrogen and oxygen atoms in total. The van der Waals surface area contributed by atoms with Crippen molar-refractivity contribution < 1.29 is 38.6 Å². The number of fused-ring (bicyclic) bond motifs is 1. The Morgan fingerprint density at radius 2 is 1.44 bits per heavy atom. The van der Waals surface area contributed by atoms with Gasteiger partial charge < -0.3 is 41.8 Å². The summed E-state index contributed by atoms with van der Waals surface area (Å²) in [5.41, 5.74) is 7.02. The topological polar surface area (TPSA) is 222 Å². The monoisotopic (exact) mass is 692 g/mol. The largest absolute Gasteiger partial charge is 0.481 e. The van der Waals surface area contributed by atoms with E-state index in [0.29, 0.717) is 0 Å². The highest BCUT2D eigenvalue weighted by Crippen LogP contribution is 2.20. The van der Waals surface area contributed by atoms with Crippen molar-refractivity contribution >= 4 is 46.6 Å². The van der Waals surface area contributed by atoms with E-state index in [0.717, 1.165) is 22.0 Å². The number of nitrogens with two attached hydrogens (primary N) is 1. The highest BCUT2D eigenvalue weighted by Gasteiger charge is 2.32. The fourth-order valence-electron chi connectivity index (χ4n) is 5.39. The van der Waals surface area contributed by atoms with Crippen LogP contribution in [0.15, 0.2) is 60.8 Å². The van der Waals surface area contributed by atoms with Crippen molar-refractivity contribution in [3.63, 3.8) is 0 Å². The van der Waals surface area contributed by atoms with Gasteiger partial charge in [-0.3, -0.25) is 24.0 Å². The third-order valence-electron chi connectivity index (χ3n) is 7.61. The highest BCUT2D eigenvalue weighted by atomic mass is 16.6. The number of amides is 5. The van der Waals surface area contributed by atoms with Gasteiger partial charge in [-0.25, -0.2) is 4.79 Å². The molecule has 5 amide bonds. The van der Waals surface area contributed by atoms with Gasteiger partial charge in [-0.05, 0) is 50.3 Å². The van der Waals surface area contributed by atoms with Crippen LogP contribution in [-0.2, 0) is 41.6 Å². The second-order valence-corrected chi connectivity index (χ2v) is 13.7. The number of carboxylic acid groups (broad SMARTS) is 1. The molecule has 14 heteroatoms. The van der Waals surface area contributed by atoms with Gasteiger partial charge in [-0.2, -0.15) is 0 Å². The number of nitrogens with one attached hydrogen (secondary N) is 5. The molecule has 0 aliphatic rings. The van der Waals surface area contributed by atoms with Gasteiger partial charge in [0.05, 0.1) is 6.42 Å². The predicted octanol–water partition coefficient (Wildman–Crippen LogP) is 2.70. The smallest absolute Gasteiger partial charge is 0.408 e. The molecule has 0 aliphatic carbocycles. The Labute approximate surface area is 291 Å². The van der Waals surface area contributed by atoms with E-state index in [1.54, 1.807) is 57.3 Å². The number of rotatable bonds is 17. The summed E-state index contributed by atoms with van der Waals surface area (Å²) in [4.78, 5) is 80.2. The number of aromatic nitrogens is 1. The van der Waals surface area contributed by atoms with Crippen LogP contribution in [0.3, 0.4) is 0 Å². The molecule has 1 aromatic heterocycles. The molecule has 4 atom stereocenters. The summed E-state index contributed by atoms with van der Waals surface area (Å²) >= 11 is 0. The van der Waals surface area contributed by atoms with Crippen molar-refractivity contribution in [1.29, 1.82) is 0 Å². The Kier molecular flexibility index (Phi) is 13.9. The number of benzene rings is 2. The van der Waals surface area contributed by atoms with Gasteiger partial charge in [0.15, 0.2) is 0 Å². The van der Waals surface area contributed by atoms with E-state index < -0.39 is 78.3 Å². The second-order valence-electron chi connectivity index (χ2n) is 13.7. The van der Waals surface area contributed by atoms with Gasteiger partial charge in [-0.1, -0.05) is 62.4 Å². The van der Waals surface area contributed by atoms with Gasteiger partial charge >= 0.3 is 12.1 Å². The van der Waals surface area contributed by atoms with Crippen LogP contribution in [-0.4, -0.2) is 75.6 Å². The third kappa shape index (κ3) is 12.9. The molecule has 0 radical (unpaired) electrons. The average Bonchev–Trinajstić information content (AvgIpc) is 3.41. The lowest BCUT2D eigenvalue weighted by atomic mass is 10.00. The average molecular weight is 693 g/mol. The molecule has 0 bridgehead atoms. The van der Waals surface area contributed by atoms with Gasteiger partial charge in [0.1, 0.15) is 23.7 Å². The summed E-state index contributed by atoms with van der Waals surface area (Å²) in [6.07, 6.45) is 0.193. The summed E-state index contributed by atoms with van der Waals surface area (Å²) in [6, 6.07) is 11.8. The van der Waals surface area contributed by atoms with Crippen LogP contribution in [0.1, 0.15) is 65.0 Å². The summed E-state index contributed by atoms with van der Waals surface area (Å²) in [6.45, 7) is 8.75. The van der Waals surface area contributed by atoms with Crippen LogP contribution < -0.4 is 27.0 Å². The molecule has 0 spiro atoms. The molecular weight excluding hydrogens is 644 g/mol. The zero-order chi connectivity index (χ0) is 37.0. The van der Waals surface area contributed by atoms with Gasteiger partial charge in [0.2, 0.25) is 23.6 Å². The minimum Gasteiger partial charge on any atom is -0.481 e. The van der Waals surface area contributed by atoms with Crippen LogP contribution in [0.25, 0.3) is 10.9 Å². The number of hydrogen-bond donors (Lipinski definition) is 7. The number of primary amides is 1. The Morgan fingerprint density at radius 3 is 2.06 bits per heavy atom. The molecule has 3 aromatic rings. The Balaban J connectivity index is 1.78. The van der Waals surface area contributed by atoms with Crippen LogP contribution in [0.2, 0.25) is 0 Å². The maximum absolute atomic E-state index is 13.8. The number of para-hydroxylation sites is 1. The first-order chi connectivity index (χ1) is 23.5. The first-order valence-electron chi connectivity index (χ1n) is 16.5. The van der Waals surface area contributed by atoms with E-state index in [1.807, 2.05) is 38.1 Å². The summed E-state index contributed by atoms with van der Waals surface area (Å²) in [7, 11) is 0. The molecule has 2 aromatic carbocycles. The molecule has 0 saturated heterocycles. The van der Waals surface area contributed by atoms with E-state index in [1.165, 1.54) is 0 Å². The molecule has 0 fully saturated rings.